The number of anilines is 1. The maximum atomic E-state index is 12.1. The highest BCUT2D eigenvalue weighted by molar-refractivity contribution is 6.32. The second kappa shape index (κ2) is 6.34. The molecule has 114 valence electrons. The normalized spacial score (nSPS) is 13.8. The molecule has 0 unspecified atom stereocenters. The van der Waals surface area contributed by atoms with E-state index in [1.807, 2.05) is 41.3 Å². The Morgan fingerprint density at radius 1 is 1.27 bits per heavy atom. The number of rotatable bonds is 4. The predicted octanol–water partition coefficient (Wildman–Crippen LogP) is 1.88. The van der Waals surface area contributed by atoms with Crippen LogP contribution in [-0.4, -0.2) is 34.4 Å². The van der Waals surface area contributed by atoms with E-state index >= 15 is 0 Å². The van der Waals surface area contributed by atoms with Crippen molar-refractivity contribution in [1.29, 1.82) is 0 Å². The summed E-state index contributed by atoms with van der Waals surface area (Å²) in [6.45, 7) is 1.89. The fourth-order valence-corrected chi connectivity index (χ4v) is 2.74. The molecule has 3 rings (SSSR count). The van der Waals surface area contributed by atoms with E-state index in [0.29, 0.717) is 23.8 Å². The smallest absolute Gasteiger partial charge is 0.349 e. The van der Waals surface area contributed by atoms with Gasteiger partial charge in [0.25, 0.3) is 0 Å². The number of benzene rings is 1. The van der Waals surface area contributed by atoms with Crippen LogP contribution in [0, 0.1) is 0 Å². The van der Waals surface area contributed by atoms with Crippen LogP contribution in [0.3, 0.4) is 0 Å². The highest BCUT2D eigenvalue weighted by Gasteiger charge is 2.20. The van der Waals surface area contributed by atoms with Gasteiger partial charge in [-0.15, -0.1) is 0 Å². The summed E-state index contributed by atoms with van der Waals surface area (Å²) in [5.41, 5.74) is 1.19. The highest BCUT2D eigenvalue weighted by atomic mass is 35.5. The summed E-state index contributed by atoms with van der Waals surface area (Å²) in [6, 6.07) is 9.34. The van der Waals surface area contributed by atoms with Crippen LogP contribution in [0.2, 0.25) is 5.02 Å². The molecule has 2 aromatic rings. The van der Waals surface area contributed by atoms with E-state index in [1.165, 1.54) is 0 Å². The van der Waals surface area contributed by atoms with Crippen LogP contribution < -0.4 is 10.6 Å². The molecule has 22 heavy (non-hydrogen) atoms. The summed E-state index contributed by atoms with van der Waals surface area (Å²) in [7, 11) is 0. The number of hydrogen-bond acceptors (Lipinski definition) is 4. The Morgan fingerprint density at radius 3 is 2.86 bits per heavy atom. The predicted molar refractivity (Wildman–Crippen MR) is 88.2 cm³/mol. The first-order valence-corrected chi connectivity index (χ1v) is 7.47. The molecule has 6 heteroatoms. The Labute approximate surface area is 133 Å². The Kier molecular flexibility index (Phi) is 4.27. The van der Waals surface area contributed by atoms with Gasteiger partial charge >= 0.3 is 5.69 Å². The van der Waals surface area contributed by atoms with Gasteiger partial charge in [-0.3, -0.25) is 4.57 Å². The molecule has 0 amide bonds. The second-order valence-corrected chi connectivity index (χ2v) is 5.45. The molecule has 1 aromatic carbocycles. The van der Waals surface area contributed by atoms with Gasteiger partial charge in [-0.1, -0.05) is 35.9 Å². The Balaban J connectivity index is 1.93. The molecule has 1 aliphatic rings. The summed E-state index contributed by atoms with van der Waals surface area (Å²) in [5.74, 6) is 0.799. The van der Waals surface area contributed by atoms with Crippen molar-refractivity contribution in [2.24, 2.45) is 0 Å². The first-order valence-electron chi connectivity index (χ1n) is 7.09. The zero-order chi connectivity index (χ0) is 15.5. The van der Waals surface area contributed by atoms with E-state index in [1.54, 1.807) is 10.6 Å². The number of β-amino-alcohol motifs (C(OH)–C–C–N with tert-alkyl or cyclic N) is 1. The second-order valence-electron chi connectivity index (χ2n) is 5.04. The molecule has 0 spiro atoms. The van der Waals surface area contributed by atoms with Crippen molar-refractivity contribution in [2.45, 2.75) is 6.54 Å². The summed E-state index contributed by atoms with van der Waals surface area (Å²) < 4.78 is 1.63. The monoisotopic (exact) mass is 317 g/mol. The minimum atomic E-state index is -0.267. The van der Waals surface area contributed by atoms with Gasteiger partial charge in [-0.2, -0.15) is 4.98 Å². The van der Waals surface area contributed by atoms with Crippen LogP contribution in [0.25, 0.3) is 12.2 Å². The minimum absolute atomic E-state index is 0.0569. The SMILES string of the molecule is O=c1nc(/C=C\c2ccccc2Cl)cc2n1CCN2CCO. The number of hydrogen-bond donors (Lipinski definition) is 1. The Bertz CT molecular complexity index is 770. The number of aliphatic hydroxyl groups is 1. The quantitative estimate of drug-likeness (QED) is 0.935. The molecule has 0 saturated heterocycles. The Hall–Kier alpha value is -2.11. The molecular weight excluding hydrogens is 302 g/mol. The van der Waals surface area contributed by atoms with E-state index in [9.17, 15) is 4.79 Å². The molecule has 0 bridgehead atoms. The molecule has 0 radical (unpaired) electrons. The van der Waals surface area contributed by atoms with Crippen molar-refractivity contribution in [3.05, 3.63) is 57.1 Å². The summed E-state index contributed by atoms with van der Waals surface area (Å²) in [6.07, 6.45) is 3.62. The van der Waals surface area contributed by atoms with Gasteiger partial charge in [0, 0.05) is 30.7 Å². The van der Waals surface area contributed by atoms with Crippen LogP contribution in [0.15, 0.2) is 35.1 Å². The van der Waals surface area contributed by atoms with Gasteiger partial charge in [0.1, 0.15) is 5.82 Å². The number of nitrogens with zero attached hydrogens (tertiary/aromatic N) is 3. The Morgan fingerprint density at radius 2 is 2.09 bits per heavy atom. The molecule has 0 atom stereocenters. The average Bonchev–Trinajstić information content (AvgIpc) is 2.91. The standard InChI is InChI=1S/C16H16ClN3O2/c17-14-4-2-1-3-12(14)5-6-13-11-15-19(9-10-21)7-8-20(15)16(22)18-13/h1-6,11,21H,7-10H2/b6-5-. The summed E-state index contributed by atoms with van der Waals surface area (Å²) >= 11 is 6.11. The lowest BCUT2D eigenvalue weighted by Crippen LogP contribution is -2.25. The van der Waals surface area contributed by atoms with Crippen molar-refractivity contribution in [1.82, 2.24) is 9.55 Å². The molecule has 0 aliphatic carbocycles. The third-order valence-electron chi connectivity index (χ3n) is 3.64. The minimum Gasteiger partial charge on any atom is -0.395 e. The topological polar surface area (TPSA) is 58.4 Å². The molecule has 0 fully saturated rings. The van der Waals surface area contributed by atoms with Crippen LogP contribution in [0.5, 0.6) is 0 Å². The van der Waals surface area contributed by atoms with Crippen LogP contribution in [-0.2, 0) is 6.54 Å². The average molecular weight is 318 g/mol. The van der Waals surface area contributed by atoms with Gasteiger partial charge in [-0.05, 0) is 17.7 Å². The van der Waals surface area contributed by atoms with Gasteiger partial charge in [0.05, 0.1) is 12.3 Å². The van der Waals surface area contributed by atoms with Gasteiger partial charge in [0.2, 0.25) is 0 Å². The van der Waals surface area contributed by atoms with Crippen molar-refractivity contribution < 1.29 is 5.11 Å². The third kappa shape index (κ3) is 2.91. The van der Waals surface area contributed by atoms with E-state index < -0.39 is 0 Å². The van der Waals surface area contributed by atoms with Crippen LogP contribution >= 0.6 is 11.6 Å². The van der Waals surface area contributed by atoms with Gasteiger partial charge < -0.3 is 10.0 Å². The summed E-state index contributed by atoms with van der Waals surface area (Å²) in [4.78, 5) is 18.1. The summed E-state index contributed by atoms with van der Waals surface area (Å²) in [5, 5.41) is 9.75. The molecule has 1 aliphatic heterocycles. The zero-order valence-corrected chi connectivity index (χ0v) is 12.7. The van der Waals surface area contributed by atoms with E-state index in [-0.39, 0.29) is 12.3 Å². The van der Waals surface area contributed by atoms with Crippen molar-refractivity contribution in [3.63, 3.8) is 0 Å². The first-order chi connectivity index (χ1) is 10.7. The highest BCUT2D eigenvalue weighted by Crippen LogP contribution is 2.21. The van der Waals surface area contributed by atoms with E-state index in [0.717, 1.165) is 17.9 Å². The molecule has 5 nitrogen and oxygen atoms in total. The lowest BCUT2D eigenvalue weighted by atomic mass is 10.2. The molecular formula is C16H16ClN3O2. The molecule has 1 aromatic heterocycles. The fraction of sp³-hybridized carbons (Fsp3) is 0.250. The zero-order valence-electron chi connectivity index (χ0n) is 11.9. The number of halogens is 1. The first kappa shape index (κ1) is 14.8. The largest absolute Gasteiger partial charge is 0.395 e. The number of aliphatic hydroxyl groups excluding tert-OH is 1. The maximum Gasteiger partial charge on any atom is 0.349 e. The number of fused-ring (bicyclic) bond motifs is 1. The van der Waals surface area contributed by atoms with E-state index in [4.69, 9.17) is 16.7 Å². The van der Waals surface area contributed by atoms with Crippen molar-refractivity contribution >= 4 is 29.6 Å². The van der Waals surface area contributed by atoms with Gasteiger partial charge in [0.15, 0.2) is 0 Å². The number of aromatic nitrogens is 2. The van der Waals surface area contributed by atoms with Crippen LogP contribution in [0.4, 0.5) is 5.82 Å². The van der Waals surface area contributed by atoms with E-state index in [2.05, 4.69) is 4.98 Å². The van der Waals surface area contributed by atoms with Crippen LogP contribution in [0.1, 0.15) is 11.3 Å². The molecule has 1 N–H and O–H groups in total. The lowest BCUT2D eigenvalue weighted by molar-refractivity contribution is 0.303. The maximum absolute atomic E-state index is 12.1. The van der Waals surface area contributed by atoms with Crippen molar-refractivity contribution in [3.8, 4) is 0 Å². The fourth-order valence-electron chi connectivity index (χ4n) is 2.54. The third-order valence-corrected chi connectivity index (χ3v) is 3.98. The van der Waals surface area contributed by atoms with Crippen molar-refractivity contribution in [2.75, 3.05) is 24.6 Å². The lowest BCUT2D eigenvalue weighted by Gasteiger charge is -2.16. The molecule has 2 heterocycles. The molecule has 0 saturated carbocycles. The van der Waals surface area contributed by atoms with Gasteiger partial charge in [-0.25, -0.2) is 4.79 Å².